The zero-order valence-corrected chi connectivity index (χ0v) is 19.9. The molecule has 178 valence electrons. The molecular weight excluding hydrogens is 452 g/mol. The smallest absolute Gasteiger partial charge is 0.410 e. The molecular formula is C25H28N4O4S. The third-order valence-electron chi connectivity index (χ3n) is 5.02. The summed E-state index contributed by atoms with van der Waals surface area (Å²) < 4.78 is 29.4. The summed E-state index contributed by atoms with van der Waals surface area (Å²) in [7, 11) is -3.88. The number of ether oxygens (including phenoxy) is 1. The number of nitrogens with two attached hydrogens (primary N) is 2. The van der Waals surface area contributed by atoms with E-state index in [1.165, 1.54) is 6.07 Å². The number of amidine groups is 1. The van der Waals surface area contributed by atoms with Crippen LogP contribution in [0.4, 0.5) is 4.79 Å². The number of hydrogen-bond donors (Lipinski definition) is 3. The van der Waals surface area contributed by atoms with Gasteiger partial charge in [0.05, 0.1) is 4.90 Å². The summed E-state index contributed by atoms with van der Waals surface area (Å²) in [5.41, 5.74) is 8.10. The number of hydrogen-bond acceptors (Lipinski definition) is 5. The van der Waals surface area contributed by atoms with Gasteiger partial charge in [0.1, 0.15) is 11.6 Å². The number of nitrogens with one attached hydrogen (secondary N) is 1. The Hall–Kier alpha value is -3.69. The number of nitrogens with zero attached hydrogens (tertiary/aromatic N) is 1. The minimum absolute atomic E-state index is 0.0237. The summed E-state index contributed by atoms with van der Waals surface area (Å²) in [6, 6.07) is 20.2. The van der Waals surface area contributed by atoms with Crippen molar-refractivity contribution in [3.63, 3.8) is 0 Å². The highest BCUT2D eigenvalue weighted by molar-refractivity contribution is 7.89. The van der Waals surface area contributed by atoms with E-state index in [-0.39, 0.29) is 16.6 Å². The molecule has 1 amide bonds. The zero-order valence-electron chi connectivity index (χ0n) is 19.1. The van der Waals surface area contributed by atoms with Gasteiger partial charge >= 0.3 is 6.09 Å². The fraction of sp³-hybridized carbons (Fsp3) is 0.200. The van der Waals surface area contributed by atoms with Crippen LogP contribution in [0.25, 0.3) is 11.1 Å². The number of amides is 1. The van der Waals surface area contributed by atoms with E-state index < -0.39 is 16.1 Å². The number of nitrogen functional groups attached to an aromatic ring is 1. The van der Waals surface area contributed by atoms with Gasteiger partial charge in [-0.1, -0.05) is 62.4 Å². The van der Waals surface area contributed by atoms with Crippen LogP contribution in [0.1, 0.15) is 25.0 Å². The van der Waals surface area contributed by atoms with Crippen LogP contribution in [-0.4, -0.2) is 31.8 Å². The SMILES string of the molecule is CC(C)CN(Cc1cccc(C(=N)N)c1)C(=O)Oc1ccc(-c2ccccc2S(N)(=O)=O)cc1. The van der Waals surface area contributed by atoms with E-state index in [1.54, 1.807) is 65.6 Å². The Labute approximate surface area is 199 Å². The van der Waals surface area contributed by atoms with Gasteiger partial charge in [0.15, 0.2) is 0 Å². The molecule has 0 saturated heterocycles. The summed E-state index contributed by atoms with van der Waals surface area (Å²) in [6.45, 7) is 4.79. The number of sulfonamides is 1. The normalized spacial score (nSPS) is 11.3. The second kappa shape index (κ2) is 10.5. The molecule has 0 aliphatic heterocycles. The van der Waals surface area contributed by atoms with Gasteiger partial charge in [-0.05, 0) is 41.3 Å². The first-order chi connectivity index (χ1) is 16.0. The summed E-state index contributed by atoms with van der Waals surface area (Å²) in [5.74, 6) is 0.498. The Bertz CT molecular complexity index is 1290. The molecule has 0 spiro atoms. The molecule has 0 aromatic heterocycles. The number of primary sulfonamides is 1. The van der Waals surface area contributed by atoms with Gasteiger partial charge in [0.2, 0.25) is 10.0 Å². The van der Waals surface area contributed by atoms with Crippen LogP contribution in [0.2, 0.25) is 0 Å². The van der Waals surface area contributed by atoms with Crippen LogP contribution in [0.5, 0.6) is 5.75 Å². The lowest BCUT2D eigenvalue weighted by Crippen LogP contribution is -2.36. The van der Waals surface area contributed by atoms with Gasteiger partial charge in [0.25, 0.3) is 0 Å². The maximum atomic E-state index is 13.0. The van der Waals surface area contributed by atoms with Gasteiger partial charge in [-0.3, -0.25) is 5.41 Å². The Balaban J connectivity index is 1.79. The van der Waals surface area contributed by atoms with Gasteiger partial charge in [-0.15, -0.1) is 0 Å². The first kappa shape index (κ1) is 24.9. The van der Waals surface area contributed by atoms with E-state index >= 15 is 0 Å². The second-order valence-electron chi connectivity index (χ2n) is 8.32. The van der Waals surface area contributed by atoms with Crippen molar-refractivity contribution in [2.75, 3.05) is 6.54 Å². The second-order valence-corrected chi connectivity index (χ2v) is 9.85. The van der Waals surface area contributed by atoms with Crippen molar-refractivity contribution in [1.29, 1.82) is 5.41 Å². The van der Waals surface area contributed by atoms with E-state index in [1.807, 2.05) is 19.9 Å². The minimum atomic E-state index is -3.88. The fourth-order valence-corrected chi connectivity index (χ4v) is 4.28. The van der Waals surface area contributed by atoms with Crippen molar-refractivity contribution in [2.45, 2.75) is 25.3 Å². The molecule has 34 heavy (non-hydrogen) atoms. The van der Waals surface area contributed by atoms with E-state index in [9.17, 15) is 13.2 Å². The molecule has 3 rings (SSSR count). The first-order valence-corrected chi connectivity index (χ1v) is 12.2. The molecule has 0 atom stereocenters. The van der Waals surface area contributed by atoms with Crippen molar-refractivity contribution in [3.8, 4) is 16.9 Å². The number of carbonyl (C=O) groups is 1. The van der Waals surface area contributed by atoms with E-state index in [4.69, 9.17) is 21.0 Å². The average Bonchev–Trinajstić information content (AvgIpc) is 2.78. The molecule has 9 heteroatoms. The quantitative estimate of drug-likeness (QED) is 0.331. The lowest BCUT2D eigenvalue weighted by Gasteiger charge is -2.24. The Morgan fingerprint density at radius 1 is 1.03 bits per heavy atom. The van der Waals surface area contributed by atoms with Crippen molar-refractivity contribution in [3.05, 3.63) is 83.9 Å². The zero-order chi connectivity index (χ0) is 24.9. The third-order valence-corrected chi connectivity index (χ3v) is 5.99. The van der Waals surface area contributed by atoms with Crippen LogP contribution in [-0.2, 0) is 16.6 Å². The molecule has 3 aromatic carbocycles. The Morgan fingerprint density at radius 3 is 2.32 bits per heavy atom. The lowest BCUT2D eigenvalue weighted by molar-refractivity contribution is 0.143. The molecule has 3 aromatic rings. The predicted molar refractivity (Wildman–Crippen MR) is 132 cm³/mol. The molecule has 0 unspecified atom stereocenters. The monoisotopic (exact) mass is 480 g/mol. The lowest BCUT2D eigenvalue weighted by atomic mass is 10.1. The van der Waals surface area contributed by atoms with Crippen molar-refractivity contribution in [1.82, 2.24) is 4.90 Å². The summed E-state index contributed by atoms with van der Waals surface area (Å²) in [4.78, 5) is 14.6. The standard InChI is InChI=1S/C25H28N4O4S/c1-17(2)15-29(16-18-6-5-7-20(14-18)24(26)27)25(30)33-21-12-10-19(11-13-21)22-8-3-4-9-23(22)34(28,31)32/h3-14,17H,15-16H2,1-2H3,(H3,26,27)(H2,28,31,32). The number of benzene rings is 3. The molecule has 8 nitrogen and oxygen atoms in total. The van der Waals surface area contributed by atoms with Crippen LogP contribution in [0.3, 0.4) is 0 Å². The Morgan fingerprint density at radius 2 is 1.71 bits per heavy atom. The summed E-state index contributed by atoms with van der Waals surface area (Å²) in [6.07, 6.45) is -0.514. The van der Waals surface area contributed by atoms with Crippen molar-refractivity contribution < 1.29 is 17.9 Å². The minimum Gasteiger partial charge on any atom is -0.410 e. The molecule has 0 radical (unpaired) electrons. The molecule has 0 bridgehead atoms. The van der Waals surface area contributed by atoms with Crippen LogP contribution < -0.4 is 15.6 Å². The predicted octanol–water partition coefficient (Wildman–Crippen LogP) is 3.94. The Kier molecular flexibility index (Phi) is 7.70. The highest BCUT2D eigenvalue weighted by Gasteiger charge is 2.19. The van der Waals surface area contributed by atoms with Crippen LogP contribution in [0.15, 0.2) is 77.7 Å². The topological polar surface area (TPSA) is 140 Å². The van der Waals surface area contributed by atoms with Crippen LogP contribution in [0, 0.1) is 11.3 Å². The highest BCUT2D eigenvalue weighted by atomic mass is 32.2. The van der Waals surface area contributed by atoms with Gasteiger partial charge < -0.3 is 15.4 Å². The molecule has 0 aliphatic carbocycles. The molecule has 0 saturated carbocycles. The van der Waals surface area contributed by atoms with Crippen molar-refractivity contribution >= 4 is 22.0 Å². The highest BCUT2D eigenvalue weighted by Crippen LogP contribution is 2.28. The fourth-order valence-electron chi connectivity index (χ4n) is 3.52. The maximum Gasteiger partial charge on any atom is 0.415 e. The molecule has 0 fully saturated rings. The summed E-state index contributed by atoms with van der Waals surface area (Å²) >= 11 is 0. The molecule has 0 heterocycles. The van der Waals surface area contributed by atoms with Crippen LogP contribution >= 0.6 is 0 Å². The van der Waals surface area contributed by atoms with Gasteiger partial charge in [-0.2, -0.15) is 0 Å². The third kappa shape index (κ3) is 6.43. The van der Waals surface area contributed by atoms with E-state index in [2.05, 4.69) is 0 Å². The average molecular weight is 481 g/mol. The number of rotatable bonds is 8. The maximum absolute atomic E-state index is 13.0. The van der Waals surface area contributed by atoms with E-state index in [0.29, 0.717) is 35.5 Å². The van der Waals surface area contributed by atoms with E-state index in [0.717, 1.165) is 5.56 Å². The number of carbonyl (C=O) groups excluding carboxylic acids is 1. The van der Waals surface area contributed by atoms with Crippen molar-refractivity contribution in [2.24, 2.45) is 16.8 Å². The summed E-state index contributed by atoms with van der Waals surface area (Å²) in [5, 5.41) is 13.0. The molecule has 0 aliphatic rings. The largest absolute Gasteiger partial charge is 0.415 e. The van der Waals surface area contributed by atoms with Gasteiger partial charge in [0, 0.05) is 24.2 Å². The van der Waals surface area contributed by atoms with Gasteiger partial charge in [-0.25, -0.2) is 18.4 Å². The molecule has 5 N–H and O–H groups in total. The first-order valence-electron chi connectivity index (χ1n) is 10.7.